The molecule has 0 radical (unpaired) electrons. The van der Waals surface area contributed by atoms with Gasteiger partial charge in [-0.3, -0.25) is 9.13 Å². The van der Waals surface area contributed by atoms with Gasteiger partial charge in [-0.15, -0.1) is 0 Å². The third-order valence-electron chi connectivity index (χ3n) is 2.39. The van der Waals surface area contributed by atoms with Gasteiger partial charge in [-0.25, -0.2) is 4.79 Å². The van der Waals surface area contributed by atoms with E-state index in [-0.39, 0.29) is 5.69 Å². The molecule has 1 heterocycles. The Morgan fingerprint density at radius 1 is 1.43 bits per heavy atom. The van der Waals surface area contributed by atoms with Crippen molar-refractivity contribution in [2.75, 3.05) is 5.75 Å². The van der Waals surface area contributed by atoms with Crippen molar-refractivity contribution in [1.29, 1.82) is 0 Å². The Bertz CT molecular complexity index is 387. The number of rotatable bonds is 4. The summed E-state index contributed by atoms with van der Waals surface area (Å²) in [6.07, 6.45) is 9.94. The quantitative estimate of drug-likeness (QED) is 0.591. The van der Waals surface area contributed by atoms with Crippen LogP contribution in [0, 0.1) is 0 Å². The van der Waals surface area contributed by atoms with Gasteiger partial charge >= 0.3 is 5.69 Å². The number of aromatic nitrogens is 2. The van der Waals surface area contributed by atoms with Crippen LogP contribution < -0.4 is 5.69 Å². The Kier molecular flexibility index (Phi) is 2.82. The van der Waals surface area contributed by atoms with E-state index in [0.29, 0.717) is 12.6 Å². The molecule has 0 amide bonds. The van der Waals surface area contributed by atoms with Gasteiger partial charge in [-0.1, -0.05) is 12.2 Å². The highest BCUT2D eigenvalue weighted by Gasteiger charge is 2.25. The van der Waals surface area contributed by atoms with Crippen LogP contribution in [0.5, 0.6) is 0 Å². The van der Waals surface area contributed by atoms with Crippen molar-refractivity contribution in [1.82, 2.24) is 9.13 Å². The lowest BCUT2D eigenvalue weighted by molar-refractivity contribution is 0.661. The summed E-state index contributed by atoms with van der Waals surface area (Å²) in [6.45, 7) is 0.652. The van der Waals surface area contributed by atoms with E-state index in [1.165, 1.54) is 0 Å². The van der Waals surface area contributed by atoms with Gasteiger partial charge in [0.2, 0.25) is 0 Å². The fourth-order valence-electron chi connectivity index (χ4n) is 1.46. The van der Waals surface area contributed by atoms with Gasteiger partial charge in [0.1, 0.15) is 0 Å². The van der Waals surface area contributed by atoms with Crippen molar-refractivity contribution in [3.63, 3.8) is 0 Å². The molecule has 1 aromatic heterocycles. The van der Waals surface area contributed by atoms with Crippen molar-refractivity contribution in [3.05, 3.63) is 35.0 Å². The highest BCUT2D eigenvalue weighted by Crippen LogP contribution is 2.33. The zero-order valence-electron chi connectivity index (χ0n) is 7.97. The molecule has 0 saturated heterocycles. The van der Waals surface area contributed by atoms with E-state index in [0.717, 1.165) is 18.6 Å². The fourth-order valence-corrected chi connectivity index (χ4v) is 1.61. The van der Waals surface area contributed by atoms with E-state index in [2.05, 4.69) is 12.6 Å². The molecule has 1 fully saturated rings. The van der Waals surface area contributed by atoms with Gasteiger partial charge < -0.3 is 0 Å². The topological polar surface area (TPSA) is 26.9 Å². The molecule has 1 aliphatic rings. The summed E-state index contributed by atoms with van der Waals surface area (Å²) < 4.78 is 3.55. The first-order valence-electron chi connectivity index (χ1n) is 4.86. The van der Waals surface area contributed by atoms with Crippen LogP contribution in [0.25, 0.3) is 0 Å². The number of hydrogen-bond acceptors (Lipinski definition) is 2. The standard InChI is InChI=1S/C10H14N2OS/c13-10-11(5-1-2-8-14)6-7-12(10)9-3-4-9/h1-2,6-7,9,14H,3-5,8H2/b2-1+. The molecule has 1 aromatic rings. The number of imidazole rings is 1. The minimum atomic E-state index is 0.108. The predicted molar refractivity (Wildman–Crippen MR) is 60.0 cm³/mol. The van der Waals surface area contributed by atoms with E-state index in [9.17, 15) is 4.79 Å². The summed E-state index contributed by atoms with van der Waals surface area (Å²) in [5.74, 6) is 0.720. The van der Waals surface area contributed by atoms with Crippen LogP contribution in [-0.2, 0) is 6.54 Å². The molecule has 2 rings (SSSR count). The number of allylic oxidation sites excluding steroid dienone is 1. The molecule has 0 aliphatic heterocycles. The SMILES string of the molecule is O=c1n(C/C=C/CS)ccn1C1CC1. The van der Waals surface area contributed by atoms with Gasteiger partial charge in [0, 0.05) is 30.7 Å². The first-order valence-corrected chi connectivity index (χ1v) is 5.49. The molecule has 1 aliphatic carbocycles. The first kappa shape index (κ1) is 9.65. The van der Waals surface area contributed by atoms with Crippen LogP contribution in [0.15, 0.2) is 29.3 Å². The zero-order chi connectivity index (χ0) is 9.97. The van der Waals surface area contributed by atoms with Gasteiger partial charge in [0.25, 0.3) is 0 Å². The van der Waals surface area contributed by atoms with Crippen molar-refractivity contribution in [2.24, 2.45) is 0 Å². The Hall–Kier alpha value is -0.900. The largest absolute Gasteiger partial charge is 0.328 e. The van der Waals surface area contributed by atoms with Crippen LogP contribution in [0.3, 0.4) is 0 Å². The molecular weight excluding hydrogens is 196 g/mol. The lowest BCUT2D eigenvalue weighted by Crippen LogP contribution is -2.22. The average molecular weight is 210 g/mol. The Morgan fingerprint density at radius 2 is 2.21 bits per heavy atom. The normalized spacial score (nSPS) is 16.6. The zero-order valence-corrected chi connectivity index (χ0v) is 8.86. The van der Waals surface area contributed by atoms with Crippen LogP contribution in [-0.4, -0.2) is 14.9 Å². The summed E-state index contributed by atoms with van der Waals surface area (Å²) in [6, 6.07) is 0.470. The average Bonchev–Trinajstić information content (AvgIpc) is 2.95. The molecule has 3 nitrogen and oxygen atoms in total. The van der Waals surface area contributed by atoms with Gasteiger partial charge in [-0.2, -0.15) is 12.6 Å². The number of nitrogens with zero attached hydrogens (tertiary/aromatic N) is 2. The molecule has 0 N–H and O–H groups in total. The van der Waals surface area contributed by atoms with Crippen molar-refractivity contribution in [3.8, 4) is 0 Å². The monoisotopic (exact) mass is 210 g/mol. The Morgan fingerprint density at radius 3 is 2.86 bits per heavy atom. The summed E-state index contributed by atoms with van der Waals surface area (Å²) in [4.78, 5) is 11.7. The maximum absolute atomic E-state index is 11.7. The minimum absolute atomic E-state index is 0.108. The van der Waals surface area contributed by atoms with Gasteiger partial charge in [0.05, 0.1) is 0 Å². The van der Waals surface area contributed by atoms with Crippen LogP contribution >= 0.6 is 12.6 Å². The van der Waals surface area contributed by atoms with Crippen molar-refractivity contribution >= 4 is 12.6 Å². The molecule has 0 unspecified atom stereocenters. The summed E-state index contributed by atoms with van der Waals surface area (Å²) in [7, 11) is 0. The highest BCUT2D eigenvalue weighted by atomic mass is 32.1. The Labute approximate surface area is 88.5 Å². The number of thiol groups is 1. The van der Waals surface area contributed by atoms with E-state index < -0.39 is 0 Å². The number of hydrogen-bond donors (Lipinski definition) is 1. The second-order valence-corrected chi connectivity index (χ2v) is 3.89. The minimum Gasteiger partial charge on any atom is -0.296 e. The van der Waals surface area contributed by atoms with E-state index in [1.54, 1.807) is 4.57 Å². The second kappa shape index (κ2) is 4.09. The molecule has 0 bridgehead atoms. The highest BCUT2D eigenvalue weighted by molar-refractivity contribution is 7.80. The molecule has 76 valence electrons. The molecule has 4 heteroatoms. The van der Waals surface area contributed by atoms with Gasteiger partial charge in [-0.05, 0) is 12.8 Å². The molecule has 14 heavy (non-hydrogen) atoms. The molecule has 0 atom stereocenters. The third-order valence-corrected chi connectivity index (χ3v) is 2.60. The smallest absolute Gasteiger partial charge is 0.296 e. The van der Waals surface area contributed by atoms with Crippen LogP contribution in [0.2, 0.25) is 0 Å². The summed E-state index contributed by atoms with van der Waals surface area (Å²) >= 11 is 4.06. The van der Waals surface area contributed by atoms with Crippen LogP contribution in [0.1, 0.15) is 18.9 Å². The van der Waals surface area contributed by atoms with E-state index >= 15 is 0 Å². The molecule has 0 spiro atoms. The fraction of sp³-hybridized carbons (Fsp3) is 0.500. The van der Waals surface area contributed by atoms with E-state index in [1.807, 2.05) is 29.1 Å². The van der Waals surface area contributed by atoms with Gasteiger partial charge in [0.15, 0.2) is 0 Å². The molecule has 0 aromatic carbocycles. The third kappa shape index (κ3) is 1.95. The lowest BCUT2D eigenvalue weighted by atomic mass is 10.5. The molecular formula is C10H14N2OS. The lowest BCUT2D eigenvalue weighted by Gasteiger charge is -1.96. The maximum Gasteiger partial charge on any atom is 0.328 e. The van der Waals surface area contributed by atoms with Crippen molar-refractivity contribution < 1.29 is 0 Å². The predicted octanol–water partition coefficient (Wildman–Crippen LogP) is 1.47. The summed E-state index contributed by atoms with van der Waals surface area (Å²) in [5, 5.41) is 0. The first-order chi connectivity index (χ1) is 6.83. The van der Waals surface area contributed by atoms with E-state index in [4.69, 9.17) is 0 Å². The summed E-state index contributed by atoms with van der Waals surface area (Å²) in [5.41, 5.74) is 0.108. The van der Waals surface area contributed by atoms with Crippen molar-refractivity contribution in [2.45, 2.75) is 25.4 Å². The maximum atomic E-state index is 11.7. The molecule has 1 saturated carbocycles. The van der Waals surface area contributed by atoms with Crippen LogP contribution in [0.4, 0.5) is 0 Å². The second-order valence-electron chi connectivity index (χ2n) is 3.53. The Balaban J connectivity index is 2.10.